The third-order valence-electron chi connectivity index (χ3n) is 2.88. The summed E-state index contributed by atoms with van der Waals surface area (Å²) in [5.74, 6) is 0. The van der Waals surface area contributed by atoms with Gasteiger partial charge < -0.3 is 9.47 Å². The minimum absolute atomic E-state index is 0.124. The van der Waals surface area contributed by atoms with E-state index in [9.17, 15) is 0 Å². The average molecular weight is 206 g/mol. The predicted octanol–water partition coefficient (Wildman–Crippen LogP) is 2.70. The number of aryl methyl sites for hydroxylation is 3. The molecular weight excluding hydrogens is 188 g/mol. The molecule has 0 saturated carbocycles. The van der Waals surface area contributed by atoms with Crippen molar-refractivity contribution in [2.24, 2.45) is 0 Å². The van der Waals surface area contributed by atoms with Crippen LogP contribution in [-0.2, 0) is 9.47 Å². The maximum Gasteiger partial charge on any atom is 0.106 e. The first-order valence-electron chi connectivity index (χ1n) is 5.45. The van der Waals surface area contributed by atoms with Crippen molar-refractivity contribution in [3.8, 4) is 0 Å². The van der Waals surface area contributed by atoms with Crippen LogP contribution in [-0.4, -0.2) is 19.8 Å². The lowest BCUT2D eigenvalue weighted by Crippen LogP contribution is -2.23. The van der Waals surface area contributed by atoms with Crippen LogP contribution in [0.4, 0.5) is 0 Å². The van der Waals surface area contributed by atoms with Crippen LogP contribution in [0.1, 0.15) is 28.4 Å². The second-order valence-electron chi connectivity index (χ2n) is 4.25. The van der Waals surface area contributed by atoms with Gasteiger partial charge in [0, 0.05) is 0 Å². The molecule has 0 aromatic heterocycles. The smallest absolute Gasteiger partial charge is 0.106 e. The highest BCUT2D eigenvalue weighted by Crippen LogP contribution is 2.27. The first-order chi connectivity index (χ1) is 7.18. The van der Waals surface area contributed by atoms with E-state index in [-0.39, 0.29) is 6.10 Å². The molecule has 1 unspecified atom stereocenters. The van der Waals surface area contributed by atoms with Gasteiger partial charge in [-0.2, -0.15) is 0 Å². The molecule has 15 heavy (non-hydrogen) atoms. The number of hydrogen-bond acceptors (Lipinski definition) is 2. The first kappa shape index (κ1) is 10.7. The van der Waals surface area contributed by atoms with Gasteiger partial charge in [0.05, 0.1) is 19.8 Å². The van der Waals surface area contributed by atoms with Gasteiger partial charge in [-0.05, 0) is 37.5 Å². The van der Waals surface area contributed by atoms with Crippen molar-refractivity contribution in [3.63, 3.8) is 0 Å². The van der Waals surface area contributed by atoms with E-state index < -0.39 is 0 Å². The summed E-state index contributed by atoms with van der Waals surface area (Å²) in [6.07, 6.45) is 0.124. The lowest BCUT2D eigenvalue weighted by molar-refractivity contribution is -0.0905. The van der Waals surface area contributed by atoms with Crippen molar-refractivity contribution >= 4 is 0 Å². The Labute approximate surface area is 91.2 Å². The van der Waals surface area contributed by atoms with Crippen LogP contribution < -0.4 is 0 Å². The molecule has 2 rings (SSSR count). The molecule has 0 amide bonds. The van der Waals surface area contributed by atoms with Gasteiger partial charge in [-0.25, -0.2) is 0 Å². The second-order valence-corrected chi connectivity index (χ2v) is 4.25. The molecule has 1 saturated heterocycles. The summed E-state index contributed by atoms with van der Waals surface area (Å²) in [5, 5.41) is 0. The van der Waals surface area contributed by atoms with Gasteiger partial charge in [-0.15, -0.1) is 0 Å². The quantitative estimate of drug-likeness (QED) is 0.703. The van der Waals surface area contributed by atoms with E-state index in [4.69, 9.17) is 9.47 Å². The molecule has 1 heterocycles. The highest BCUT2D eigenvalue weighted by atomic mass is 16.6. The summed E-state index contributed by atoms with van der Waals surface area (Å²) in [6.45, 7) is 8.53. The normalized spacial score (nSPS) is 21.7. The largest absolute Gasteiger partial charge is 0.376 e. The van der Waals surface area contributed by atoms with Gasteiger partial charge in [0.25, 0.3) is 0 Å². The molecule has 1 fully saturated rings. The zero-order valence-electron chi connectivity index (χ0n) is 9.67. The fourth-order valence-corrected chi connectivity index (χ4v) is 2.35. The molecule has 2 nitrogen and oxygen atoms in total. The number of ether oxygens (including phenoxy) is 2. The van der Waals surface area contributed by atoms with Crippen LogP contribution in [0.25, 0.3) is 0 Å². The zero-order chi connectivity index (χ0) is 10.8. The van der Waals surface area contributed by atoms with Gasteiger partial charge >= 0.3 is 0 Å². The monoisotopic (exact) mass is 206 g/mol. The Hall–Kier alpha value is -0.860. The number of benzene rings is 1. The molecule has 0 bridgehead atoms. The molecule has 1 aromatic carbocycles. The van der Waals surface area contributed by atoms with Gasteiger partial charge in [0.15, 0.2) is 0 Å². The maximum atomic E-state index is 5.74. The van der Waals surface area contributed by atoms with E-state index >= 15 is 0 Å². The minimum Gasteiger partial charge on any atom is -0.376 e. The standard InChI is InChI=1S/C13H18O2/c1-9-6-10(2)13(11(3)7-9)12-8-14-4-5-15-12/h6-7,12H,4-5,8H2,1-3H3. The van der Waals surface area contributed by atoms with E-state index in [0.29, 0.717) is 13.2 Å². The number of rotatable bonds is 1. The fraction of sp³-hybridized carbons (Fsp3) is 0.538. The Morgan fingerprint density at radius 1 is 1.07 bits per heavy atom. The minimum atomic E-state index is 0.124. The Morgan fingerprint density at radius 3 is 2.27 bits per heavy atom. The molecule has 0 aliphatic carbocycles. The van der Waals surface area contributed by atoms with Gasteiger partial charge in [-0.1, -0.05) is 17.7 Å². The zero-order valence-corrected chi connectivity index (χ0v) is 9.67. The predicted molar refractivity (Wildman–Crippen MR) is 60.2 cm³/mol. The Bertz CT molecular complexity index is 329. The molecule has 1 atom stereocenters. The molecule has 0 spiro atoms. The van der Waals surface area contributed by atoms with E-state index in [1.54, 1.807) is 0 Å². The lowest BCUT2D eigenvalue weighted by atomic mass is 9.95. The third-order valence-corrected chi connectivity index (χ3v) is 2.88. The third kappa shape index (κ3) is 2.21. The molecule has 82 valence electrons. The summed E-state index contributed by atoms with van der Waals surface area (Å²) < 4.78 is 11.2. The van der Waals surface area contributed by atoms with Crippen LogP contribution in [0.5, 0.6) is 0 Å². The average Bonchev–Trinajstić information content (AvgIpc) is 2.17. The molecule has 1 aliphatic rings. The SMILES string of the molecule is Cc1cc(C)c(C2COCCO2)c(C)c1. The van der Waals surface area contributed by atoms with Crippen molar-refractivity contribution in [1.29, 1.82) is 0 Å². The highest BCUT2D eigenvalue weighted by Gasteiger charge is 2.20. The van der Waals surface area contributed by atoms with Crippen molar-refractivity contribution < 1.29 is 9.47 Å². The molecule has 0 N–H and O–H groups in total. The van der Waals surface area contributed by atoms with E-state index in [1.165, 1.54) is 22.3 Å². The summed E-state index contributed by atoms with van der Waals surface area (Å²) in [7, 11) is 0. The van der Waals surface area contributed by atoms with E-state index in [0.717, 1.165) is 6.61 Å². The topological polar surface area (TPSA) is 18.5 Å². The summed E-state index contributed by atoms with van der Waals surface area (Å²) in [5.41, 5.74) is 5.23. The first-order valence-corrected chi connectivity index (χ1v) is 5.45. The molecule has 1 aliphatic heterocycles. The second kappa shape index (κ2) is 4.33. The Balaban J connectivity index is 2.33. The van der Waals surface area contributed by atoms with Crippen LogP contribution in [0, 0.1) is 20.8 Å². The summed E-state index contributed by atoms with van der Waals surface area (Å²) in [6, 6.07) is 4.42. The number of hydrogen-bond donors (Lipinski definition) is 0. The van der Waals surface area contributed by atoms with E-state index in [1.807, 2.05) is 0 Å². The van der Waals surface area contributed by atoms with Gasteiger partial charge in [0.1, 0.15) is 6.10 Å². The van der Waals surface area contributed by atoms with Gasteiger partial charge in [-0.3, -0.25) is 0 Å². The van der Waals surface area contributed by atoms with Crippen LogP contribution in [0.2, 0.25) is 0 Å². The van der Waals surface area contributed by atoms with Crippen LogP contribution in [0.3, 0.4) is 0 Å². The van der Waals surface area contributed by atoms with Gasteiger partial charge in [0.2, 0.25) is 0 Å². The fourth-order valence-electron chi connectivity index (χ4n) is 2.35. The van der Waals surface area contributed by atoms with Crippen molar-refractivity contribution in [2.45, 2.75) is 26.9 Å². The molecule has 2 heteroatoms. The lowest BCUT2D eigenvalue weighted by Gasteiger charge is -2.26. The highest BCUT2D eigenvalue weighted by molar-refractivity contribution is 5.39. The van der Waals surface area contributed by atoms with Crippen LogP contribution in [0.15, 0.2) is 12.1 Å². The summed E-state index contributed by atoms with van der Waals surface area (Å²) >= 11 is 0. The van der Waals surface area contributed by atoms with Crippen molar-refractivity contribution in [2.75, 3.05) is 19.8 Å². The Morgan fingerprint density at radius 2 is 1.73 bits per heavy atom. The van der Waals surface area contributed by atoms with Crippen LogP contribution >= 0.6 is 0 Å². The van der Waals surface area contributed by atoms with Crippen molar-refractivity contribution in [3.05, 3.63) is 34.4 Å². The Kier molecular flexibility index (Phi) is 3.08. The molecular formula is C13H18O2. The molecule has 1 aromatic rings. The summed E-state index contributed by atoms with van der Waals surface area (Å²) in [4.78, 5) is 0. The van der Waals surface area contributed by atoms with E-state index in [2.05, 4.69) is 32.9 Å². The molecule has 0 radical (unpaired) electrons. The maximum absolute atomic E-state index is 5.74. The van der Waals surface area contributed by atoms with Crippen molar-refractivity contribution in [1.82, 2.24) is 0 Å².